The maximum Gasteiger partial charge on any atom is 0.272 e. The van der Waals surface area contributed by atoms with Gasteiger partial charge in [-0.05, 0) is 81.1 Å². The number of hydrogen-bond acceptors (Lipinski definition) is 3. The van der Waals surface area contributed by atoms with Crippen molar-refractivity contribution in [1.29, 1.82) is 0 Å². The molecule has 0 saturated heterocycles. The third-order valence-corrected chi connectivity index (χ3v) is 6.54. The van der Waals surface area contributed by atoms with Gasteiger partial charge in [0.2, 0.25) is 0 Å². The third-order valence-electron chi connectivity index (χ3n) is 6.54. The van der Waals surface area contributed by atoms with Crippen molar-refractivity contribution in [1.82, 2.24) is 14.1 Å². The summed E-state index contributed by atoms with van der Waals surface area (Å²) in [5.74, 6) is -0.165. The molecule has 0 radical (unpaired) electrons. The lowest BCUT2D eigenvalue weighted by molar-refractivity contribution is 0.101. The molecule has 0 aliphatic heterocycles. The van der Waals surface area contributed by atoms with E-state index in [1.165, 1.54) is 0 Å². The Morgan fingerprint density at radius 3 is 2.28 bits per heavy atom. The average Bonchev–Trinajstić information content (AvgIpc) is 2.95. The summed E-state index contributed by atoms with van der Waals surface area (Å²) in [5.41, 5.74) is 8.41. The van der Waals surface area contributed by atoms with E-state index in [1.807, 2.05) is 76.6 Å². The van der Waals surface area contributed by atoms with Gasteiger partial charge in [0.15, 0.2) is 0 Å². The summed E-state index contributed by atoms with van der Waals surface area (Å²) in [4.78, 5) is 30.6. The number of nitrogens with zero attached hydrogens (tertiary/aromatic N) is 3. The van der Waals surface area contributed by atoms with Crippen molar-refractivity contribution in [3.05, 3.63) is 80.7 Å². The molecule has 32 heavy (non-hydrogen) atoms. The zero-order chi connectivity index (χ0) is 23.3. The molecule has 0 fully saturated rings. The van der Waals surface area contributed by atoms with Crippen LogP contribution in [0, 0.1) is 34.6 Å². The lowest BCUT2D eigenvalue weighted by atomic mass is 9.99. The molecule has 0 aliphatic carbocycles. The van der Waals surface area contributed by atoms with Crippen molar-refractivity contribution >= 4 is 22.5 Å². The molecule has 0 bridgehead atoms. The predicted molar refractivity (Wildman–Crippen MR) is 129 cm³/mol. The Hall–Kier alpha value is -3.67. The molecule has 0 aliphatic rings. The van der Waals surface area contributed by atoms with E-state index in [2.05, 4.69) is 10.3 Å². The van der Waals surface area contributed by atoms with Gasteiger partial charge in [0.25, 0.3) is 11.5 Å². The van der Waals surface area contributed by atoms with Gasteiger partial charge in [-0.25, -0.2) is 0 Å². The van der Waals surface area contributed by atoms with Gasteiger partial charge in [-0.1, -0.05) is 6.07 Å². The first-order valence-corrected chi connectivity index (χ1v) is 10.6. The molecule has 164 valence electrons. The molecule has 0 spiro atoms. The standard InChI is InChI=1S/C26H28N4O2/c1-14-8-9-20(28-25(31)24-17(4)16(3)18(5)29(24)6)12-21(14)22-11-19-13-27-15(2)10-23(19)30(7)26(22)32/h8-13H,1-7H3,(H,28,31). The molecule has 6 nitrogen and oxygen atoms in total. The van der Waals surface area contributed by atoms with Crippen LogP contribution in [0.15, 0.2) is 41.3 Å². The SMILES string of the molecule is Cc1cc2c(cn1)cc(-c1cc(NC(=O)c3c(C)c(C)c(C)n3C)ccc1C)c(=O)n2C. The molecule has 1 amide bonds. The van der Waals surface area contributed by atoms with Gasteiger partial charge in [-0.15, -0.1) is 0 Å². The summed E-state index contributed by atoms with van der Waals surface area (Å²) < 4.78 is 3.58. The first-order valence-electron chi connectivity index (χ1n) is 10.6. The normalized spacial score (nSPS) is 11.2. The lowest BCUT2D eigenvalue weighted by Gasteiger charge is -2.14. The van der Waals surface area contributed by atoms with Crippen LogP contribution in [0.3, 0.4) is 0 Å². The average molecular weight is 429 g/mol. The highest BCUT2D eigenvalue weighted by Crippen LogP contribution is 2.28. The number of fused-ring (bicyclic) bond motifs is 1. The summed E-state index contributed by atoms with van der Waals surface area (Å²) >= 11 is 0. The monoisotopic (exact) mass is 428 g/mol. The number of carbonyl (C=O) groups is 1. The van der Waals surface area contributed by atoms with E-state index in [1.54, 1.807) is 17.8 Å². The van der Waals surface area contributed by atoms with Gasteiger partial charge in [0, 0.05) is 48.3 Å². The molecule has 1 aromatic carbocycles. The van der Waals surface area contributed by atoms with Crippen molar-refractivity contribution in [3.8, 4) is 11.1 Å². The second-order valence-electron chi connectivity index (χ2n) is 8.53. The fraction of sp³-hybridized carbons (Fsp3) is 0.269. The number of aryl methyl sites for hydroxylation is 3. The summed E-state index contributed by atoms with van der Waals surface area (Å²) in [6, 6.07) is 9.46. The van der Waals surface area contributed by atoms with Crippen LogP contribution in [0.4, 0.5) is 5.69 Å². The van der Waals surface area contributed by atoms with E-state index in [0.717, 1.165) is 44.5 Å². The van der Waals surface area contributed by atoms with Crippen molar-refractivity contribution in [2.24, 2.45) is 14.1 Å². The van der Waals surface area contributed by atoms with Crippen LogP contribution in [0.1, 0.15) is 38.6 Å². The first kappa shape index (κ1) is 21.6. The summed E-state index contributed by atoms with van der Waals surface area (Å²) in [6.45, 7) is 9.87. The minimum atomic E-state index is -0.165. The summed E-state index contributed by atoms with van der Waals surface area (Å²) in [6.07, 6.45) is 1.79. The second-order valence-corrected chi connectivity index (χ2v) is 8.53. The summed E-state index contributed by atoms with van der Waals surface area (Å²) in [5, 5.41) is 3.91. The Balaban J connectivity index is 1.79. The smallest absolute Gasteiger partial charge is 0.272 e. The quantitative estimate of drug-likeness (QED) is 0.513. The van der Waals surface area contributed by atoms with E-state index in [9.17, 15) is 9.59 Å². The van der Waals surface area contributed by atoms with E-state index >= 15 is 0 Å². The van der Waals surface area contributed by atoms with Gasteiger partial charge >= 0.3 is 0 Å². The van der Waals surface area contributed by atoms with Crippen molar-refractivity contribution in [2.45, 2.75) is 34.6 Å². The molecule has 0 atom stereocenters. The minimum Gasteiger partial charge on any atom is -0.344 e. The first-order chi connectivity index (χ1) is 15.1. The van der Waals surface area contributed by atoms with E-state index < -0.39 is 0 Å². The van der Waals surface area contributed by atoms with Crippen molar-refractivity contribution in [2.75, 3.05) is 5.32 Å². The van der Waals surface area contributed by atoms with Gasteiger partial charge in [0.05, 0.1) is 5.52 Å². The number of rotatable bonds is 3. The lowest BCUT2D eigenvalue weighted by Crippen LogP contribution is -2.20. The number of aromatic nitrogens is 3. The zero-order valence-electron chi connectivity index (χ0n) is 19.6. The second kappa shape index (κ2) is 7.79. The number of nitrogens with one attached hydrogen (secondary N) is 1. The number of anilines is 1. The van der Waals surface area contributed by atoms with Gasteiger partial charge in [-0.3, -0.25) is 14.6 Å². The van der Waals surface area contributed by atoms with Crippen LogP contribution in [-0.2, 0) is 14.1 Å². The number of amides is 1. The highest BCUT2D eigenvalue weighted by atomic mass is 16.2. The maximum atomic E-state index is 13.2. The number of carbonyl (C=O) groups excluding carboxylic acids is 1. The zero-order valence-corrected chi connectivity index (χ0v) is 19.6. The highest BCUT2D eigenvalue weighted by Gasteiger charge is 2.19. The van der Waals surface area contributed by atoms with E-state index in [0.29, 0.717) is 16.9 Å². The molecule has 0 saturated carbocycles. The highest BCUT2D eigenvalue weighted by molar-refractivity contribution is 6.05. The number of pyridine rings is 2. The molecule has 0 unspecified atom stereocenters. The van der Waals surface area contributed by atoms with Crippen LogP contribution >= 0.6 is 0 Å². The Morgan fingerprint density at radius 2 is 1.62 bits per heavy atom. The Kier molecular flexibility index (Phi) is 5.25. The number of benzene rings is 1. The fourth-order valence-corrected chi connectivity index (χ4v) is 4.28. The van der Waals surface area contributed by atoms with Gasteiger partial charge in [-0.2, -0.15) is 0 Å². The molecule has 3 heterocycles. The molecule has 6 heteroatoms. The van der Waals surface area contributed by atoms with Crippen LogP contribution < -0.4 is 10.9 Å². The minimum absolute atomic E-state index is 0.0841. The van der Waals surface area contributed by atoms with Crippen LogP contribution in [0.25, 0.3) is 22.0 Å². The Bertz CT molecular complexity index is 1430. The molecule has 4 aromatic rings. The maximum absolute atomic E-state index is 13.2. The molecule has 4 rings (SSSR count). The van der Waals surface area contributed by atoms with E-state index in [-0.39, 0.29) is 11.5 Å². The predicted octanol–water partition coefficient (Wildman–Crippen LogP) is 4.73. The Morgan fingerprint density at radius 1 is 0.906 bits per heavy atom. The molecular formula is C26H28N4O2. The molecule has 3 aromatic heterocycles. The van der Waals surface area contributed by atoms with Gasteiger partial charge in [0.1, 0.15) is 5.69 Å². The van der Waals surface area contributed by atoms with Crippen LogP contribution in [0.5, 0.6) is 0 Å². The van der Waals surface area contributed by atoms with E-state index in [4.69, 9.17) is 0 Å². The number of hydrogen-bond donors (Lipinski definition) is 1. The Labute approximate surface area is 187 Å². The molecular weight excluding hydrogens is 400 g/mol. The topological polar surface area (TPSA) is 68.9 Å². The fourth-order valence-electron chi connectivity index (χ4n) is 4.28. The van der Waals surface area contributed by atoms with Crippen molar-refractivity contribution in [3.63, 3.8) is 0 Å². The third kappa shape index (κ3) is 3.42. The van der Waals surface area contributed by atoms with Crippen LogP contribution in [-0.4, -0.2) is 20.0 Å². The molecule has 1 N–H and O–H groups in total. The van der Waals surface area contributed by atoms with Crippen molar-refractivity contribution < 1.29 is 4.79 Å². The van der Waals surface area contributed by atoms with Gasteiger partial charge < -0.3 is 14.5 Å². The summed E-state index contributed by atoms with van der Waals surface area (Å²) in [7, 11) is 3.68. The largest absolute Gasteiger partial charge is 0.344 e. The van der Waals surface area contributed by atoms with Crippen LogP contribution in [0.2, 0.25) is 0 Å².